The van der Waals surface area contributed by atoms with Gasteiger partial charge in [0.2, 0.25) is 10.0 Å². The van der Waals surface area contributed by atoms with Crippen LogP contribution in [0.2, 0.25) is 0 Å². The van der Waals surface area contributed by atoms with Gasteiger partial charge in [-0.15, -0.1) is 0 Å². The van der Waals surface area contributed by atoms with Crippen molar-refractivity contribution in [1.82, 2.24) is 4.31 Å². The van der Waals surface area contributed by atoms with Crippen molar-refractivity contribution in [3.05, 3.63) is 29.8 Å². The lowest BCUT2D eigenvalue weighted by atomic mass is 10.1. The van der Waals surface area contributed by atoms with Crippen molar-refractivity contribution < 1.29 is 21.6 Å². The van der Waals surface area contributed by atoms with Gasteiger partial charge in [-0.3, -0.25) is 0 Å². The highest BCUT2D eigenvalue weighted by Gasteiger charge is 2.36. The molecule has 21 heavy (non-hydrogen) atoms. The maximum Gasteiger partial charge on any atom is 0.402 e. The van der Waals surface area contributed by atoms with Crippen LogP contribution in [0.5, 0.6) is 0 Å². The molecule has 1 aromatic rings. The molecule has 0 aromatic heterocycles. The van der Waals surface area contributed by atoms with Gasteiger partial charge in [-0.05, 0) is 37.1 Å². The number of alkyl halides is 3. The Morgan fingerprint density at radius 1 is 1.19 bits per heavy atom. The maximum atomic E-state index is 12.4. The zero-order chi connectivity index (χ0) is 16.1. The van der Waals surface area contributed by atoms with Crippen LogP contribution in [0.15, 0.2) is 29.2 Å². The molecule has 1 aromatic carbocycles. The number of hydrogen-bond donors (Lipinski definition) is 1. The van der Waals surface area contributed by atoms with Gasteiger partial charge in [-0.1, -0.05) is 19.1 Å². The molecule has 0 unspecified atom stereocenters. The van der Waals surface area contributed by atoms with E-state index in [4.69, 9.17) is 5.73 Å². The molecule has 4 nitrogen and oxygen atoms in total. The first-order valence-electron chi connectivity index (χ1n) is 6.56. The molecular formula is C13H19F3N2O2S. The predicted octanol–water partition coefficient (Wildman–Crippen LogP) is 2.15. The van der Waals surface area contributed by atoms with Crippen molar-refractivity contribution in [2.24, 2.45) is 5.73 Å². The molecule has 1 rings (SSSR count). The van der Waals surface area contributed by atoms with Gasteiger partial charge < -0.3 is 5.73 Å². The first-order chi connectivity index (χ1) is 9.70. The summed E-state index contributed by atoms with van der Waals surface area (Å²) in [6.45, 7) is 0.172. The molecule has 0 atom stereocenters. The predicted molar refractivity (Wildman–Crippen MR) is 74.3 cm³/mol. The molecule has 0 radical (unpaired) electrons. The van der Waals surface area contributed by atoms with E-state index in [1.807, 2.05) is 0 Å². The van der Waals surface area contributed by atoms with E-state index in [0.717, 1.165) is 12.0 Å². The highest BCUT2D eigenvalue weighted by atomic mass is 32.2. The maximum absolute atomic E-state index is 12.4. The van der Waals surface area contributed by atoms with Crippen LogP contribution in [-0.4, -0.2) is 38.5 Å². The van der Waals surface area contributed by atoms with E-state index < -0.39 is 22.7 Å². The summed E-state index contributed by atoms with van der Waals surface area (Å²) >= 11 is 0. The van der Waals surface area contributed by atoms with Gasteiger partial charge in [0.1, 0.15) is 6.54 Å². The highest BCUT2D eigenvalue weighted by molar-refractivity contribution is 7.89. The third kappa shape index (κ3) is 5.29. The largest absolute Gasteiger partial charge is 0.402 e. The second-order valence-corrected chi connectivity index (χ2v) is 6.52. The van der Waals surface area contributed by atoms with E-state index in [2.05, 4.69) is 0 Å². The monoisotopic (exact) mass is 324 g/mol. The molecule has 0 aliphatic carbocycles. The quantitative estimate of drug-likeness (QED) is 0.836. The van der Waals surface area contributed by atoms with Crippen molar-refractivity contribution in [3.63, 3.8) is 0 Å². The second kappa shape index (κ2) is 7.24. The van der Waals surface area contributed by atoms with Crippen LogP contribution < -0.4 is 5.73 Å². The SMILES string of the molecule is CCN(CC(F)(F)F)S(=O)(=O)c1ccc(CCCN)cc1. The van der Waals surface area contributed by atoms with E-state index in [1.54, 1.807) is 12.1 Å². The summed E-state index contributed by atoms with van der Waals surface area (Å²) in [4.78, 5) is -0.134. The first-order valence-corrected chi connectivity index (χ1v) is 8.00. The van der Waals surface area contributed by atoms with Gasteiger partial charge in [-0.25, -0.2) is 8.42 Å². The van der Waals surface area contributed by atoms with Gasteiger partial charge >= 0.3 is 6.18 Å². The number of aryl methyl sites for hydroxylation is 1. The molecule has 0 saturated carbocycles. The topological polar surface area (TPSA) is 63.4 Å². The Morgan fingerprint density at radius 2 is 1.76 bits per heavy atom. The lowest BCUT2D eigenvalue weighted by molar-refractivity contribution is -0.135. The molecule has 0 spiro atoms. The second-order valence-electron chi connectivity index (χ2n) is 4.58. The Morgan fingerprint density at radius 3 is 2.19 bits per heavy atom. The van der Waals surface area contributed by atoms with Gasteiger partial charge in [0.25, 0.3) is 0 Å². The Hall–Kier alpha value is -1.12. The van der Waals surface area contributed by atoms with Gasteiger partial charge in [0.15, 0.2) is 0 Å². The van der Waals surface area contributed by atoms with Crippen LogP contribution >= 0.6 is 0 Å². The highest BCUT2D eigenvalue weighted by Crippen LogP contribution is 2.22. The molecule has 0 aliphatic rings. The number of nitrogens with zero attached hydrogens (tertiary/aromatic N) is 1. The van der Waals surface area contributed by atoms with E-state index in [9.17, 15) is 21.6 Å². The zero-order valence-electron chi connectivity index (χ0n) is 11.7. The van der Waals surface area contributed by atoms with E-state index in [0.29, 0.717) is 17.3 Å². The Balaban J connectivity index is 2.95. The zero-order valence-corrected chi connectivity index (χ0v) is 12.5. The molecule has 120 valence electrons. The number of benzene rings is 1. The molecule has 0 amide bonds. The third-order valence-electron chi connectivity index (χ3n) is 2.94. The molecule has 0 heterocycles. The number of hydrogen-bond acceptors (Lipinski definition) is 3. The molecule has 0 fully saturated rings. The van der Waals surface area contributed by atoms with Crippen molar-refractivity contribution in [3.8, 4) is 0 Å². The smallest absolute Gasteiger partial charge is 0.330 e. The van der Waals surface area contributed by atoms with E-state index >= 15 is 0 Å². The first kappa shape index (κ1) is 17.9. The van der Waals surface area contributed by atoms with Gasteiger partial charge in [0.05, 0.1) is 4.90 Å². The minimum absolute atomic E-state index is 0.134. The summed E-state index contributed by atoms with van der Waals surface area (Å²) in [6.07, 6.45) is -3.09. The van der Waals surface area contributed by atoms with Gasteiger partial charge in [0, 0.05) is 6.54 Å². The summed E-state index contributed by atoms with van der Waals surface area (Å²) < 4.78 is 62.0. The fourth-order valence-corrected chi connectivity index (χ4v) is 3.28. The number of nitrogens with two attached hydrogens (primary N) is 1. The summed E-state index contributed by atoms with van der Waals surface area (Å²) in [5, 5.41) is 0. The van der Waals surface area contributed by atoms with Crippen molar-refractivity contribution >= 4 is 10.0 Å². The summed E-state index contributed by atoms with van der Waals surface area (Å²) in [5.74, 6) is 0. The van der Waals surface area contributed by atoms with Crippen molar-refractivity contribution in [2.75, 3.05) is 19.6 Å². The lowest BCUT2D eigenvalue weighted by Crippen LogP contribution is -2.38. The molecule has 0 aliphatic heterocycles. The van der Waals surface area contributed by atoms with Crippen LogP contribution in [0.1, 0.15) is 18.9 Å². The van der Waals surface area contributed by atoms with Crippen LogP contribution in [0.3, 0.4) is 0 Å². The Bertz CT molecular complexity index is 542. The van der Waals surface area contributed by atoms with E-state index in [1.165, 1.54) is 19.1 Å². The minimum Gasteiger partial charge on any atom is -0.330 e. The average Bonchev–Trinajstić information content (AvgIpc) is 2.41. The number of rotatable bonds is 7. The average molecular weight is 324 g/mol. The van der Waals surface area contributed by atoms with Gasteiger partial charge in [-0.2, -0.15) is 17.5 Å². The standard InChI is InChI=1S/C13H19F3N2O2S/c1-2-18(10-13(14,15)16)21(19,20)12-7-5-11(6-8-12)4-3-9-17/h5-8H,2-4,9-10,17H2,1H3. The Kier molecular flexibility index (Phi) is 6.18. The minimum atomic E-state index is -4.57. The Labute approximate surface area is 122 Å². The molecule has 0 saturated heterocycles. The van der Waals surface area contributed by atoms with Crippen molar-refractivity contribution in [2.45, 2.75) is 30.8 Å². The third-order valence-corrected chi connectivity index (χ3v) is 4.87. The molecule has 2 N–H and O–H groups in total. The van der Waals surface area contributed by atoms with Crippen LogP contribution in [0.4, 0.5) is 13.2 Å². The number of halogens is 3. The van der Waals surface area contributed by atoms with Crippen LogP contribution in [0, 0.1) is 0 Å². The molecule has 8 heteroatoms. The normalized spacial score (nSPS) is 12.9. The fraction of sp³-hybridized carbons (Fsp3) is 0.538. The lowest BCUT2D eigenvalue weighted by Gasteiger charge is -2.21. The molecular weight excluding hydrogens is 305 g/mol. The van der Waals surface area contributed by atoms with E-state index in [-0.39, 0.29) is 11.4 Å². The van der Waals surface area contributed by atoms with Crippen molar-refractivity contribution in [1.29, 1.82) is 0 Å². The van der Waals surface area contributed by atoms with Crippen LogP contribution in [-0.2, 0) is 16.4 Å². The summed E-state index contributed by atoms with van der Waals surface area (Å²) in [6, 6.07) is 5.87. The number of sulfonamides is 1. The summed E-state index contributed by atoms with van der Waals surface area (Å²) in [7, 11) is -4.13. The van der Waals surface area contributed by atoms with Crippen LogP contribution in [0.25, 0.3) is 0 Å². The summed E-state index contributed by atoms with van der Waals surface area (Å²) in [5.41, 5.74) is 6.28. The fourth-order valence-electron chi connectivity index (χ4n) is 1.85. The molecule has 0 bridgehead atoms.